The van der Waals surface area contributed by atoms with E-state index in [0.29, 0.717) is 18.0 Å². The average molecular weight is 299 g/mol. The first-order valence-electron chi connectivity index (χ1n) is 5.53. The number of benzene rings is 1. The SMILES string of the molecule is CC(C)C1Oc2c(Br)cc(CN)cc2NC1=O. The number of anilines is 1. The first-order valence-corrected chi connectivity index (χ1v) is 6.32. The Labute approximate surface area is 109 Å². The highest BCUT2D eigenvalue weighted by Crippen LogP contribution is 2.39. The minimum Gasteiger partial charge on any atom is -0.477 e. The van der Waals surface area contributed by atoms with Crippen molar-refractivity contribution in [2.24, 2.45) is 11.7 Å². The van der Waals surface area contributed by atoms with Gasteiger partial charge in [-0.1, -0.05) is 13.8 Å². The van der Waals surface area contributed by atoms with Crippen LogP contribution in [0.1, 0.15) is 19.4 Å². The molecule has 1 aliphatic rings. The Hall–Kier alpha value is -1.07. The molecular formula is C12H15BrN2O2. The number of amides is 1. The van der Waals surface area contributed by atoms with E-state index in [-0.39, 0.29) is 11.8 Å². The number of hydrogen-bond acceptors (Lipinski definition) is 3. The topological polar surface area (TPSA) is 64.3 Å². The number of carbonyl (C=O) groups excluding carboxylic acids is 1. The largest absolute Gasteiger partial charge is 0.477 e. The molecule has 0 saturated heterocycles. The molecule has 3 N–H and O–H groups in total. The molecule has 1 aromatic rings. The van der Waals surface area contributed by atoms with Crippen molar-refractivity contribution in [3.8, 4) is 5.75 Å². The highest BCUT2D eigenvalue weighted by molar-refractivity contribution is 9.10. The molecule has 5 heteroatoms. The summed E-state index contributed by atoms with van der Waals surface area (Å²) in [5, 5.41) is 2.86. The van der Waals surface area contributed by atoms with E-state index >= 15 is 0 Å². The Bertz CT molecular complexity index is 460. The van der Waals surface area contributed by atoms with Gasteiger partial charge in [0.25, 0.3) is 5.91 Å². The van der Waals surface area contributed by atoms with Crippen LogP contribution in [-0.2, 0) is 11.3 Å². The predicted molar refractivity (Wildman–Crippen MR) is 69.9 cm³/mol. The molecule has 0 radical (unpaired) electrons. The smallest absolute Gasteiger partial charge is 0.265 e. The Kier molecular flexibility index (Phi) is 3.40. The molecule has 1 amide bonds. The summed E-state index contributed by atoms with van der Waals surface area (Å²) in [7, 11) is 0. The predicted octanol–water partition coefficient (Wildman–Crippen LogP) is 2.26. The summed E-state index contributed by atoms with van der Waals surface area (Å²) in [6.45, 7) is 4.34. The van der Waals surface area contributed by atoms with Crippen molar-refractivity contribution in [1.29, 1.82) is 0 Å². The Morgan fingerprint density at radius 3 is 2.82 bits per heavy atom. The Morgan fingerprint density at radius 2 is 2.24 bits per heavy atom. The number of nitrogens with two attached hydrogens (primary N) is 1. The van der Waals surface area contributed by atoms with Crippen LogP contribution in [0.3, 0.4) is 0 Å². The highest BCUT2D eigenvalue weighted by atomic mass is 79.9. The van der Waals surface area contributed by atoms with Gasteiger partial charge in [0.1, 0.15) is 0 Å². The molecule has 0 aromatic heterocycles. The van der Waals surface area contributed by atoms with Gasteiger partial charge in [-0.15, -0.1) is 0 Å². The molecular weight excluding hydrogens is 284 g/mol. The fourth-order valence-electron chi connectivity index (χ4n) is 1.80. The molecule has 0 aliphatic carbocycles. The van der Waals surface area contributed by atoms with E-state index in [9.17, 15) is 4.79 Å². The third-order valence-corrected chi connectivity index (χ3v) is 3.29. The maximum Gasteiger partial charge on any atom is 0.265 e. The van der Waals surface area contributed by atoms with Crippen molar-refractivity contribution in [2.45, 2.75) is 26.5 Å². The van der Waals surface area contributed by atoms with Crippen molar-refractivity contribution in [3.05, 3.63) is 22.2 Å². The maximum absolute atomic E-state index is 11.8. The van der Waals surface area contributed by atoms with Gasteiger partial charge in [0.2, 0.25) is 0 Å². The summed E-state index contributed by atoms with van der Waals surface area (Å²) in [5.41, 5.74) is 7.22. The van der Waals surface area contributed by atoms with E-state index in [0.717, 1.165) is 10.0 Å². The lowest BCUT2D eigenvalue weighted by molar-refractivity contribution is -0.125. The third kappa shape index (κ3) is 2.30. The van der Waals surface area contributed by atoms with Gasteiger partial charge >= 0.3 is 0 Å². The number of nitrogens with one attached hydrogen (secondary N) is 1. The van der Waals surface area contributed by atoms with Gasteiger partial charge in [0.05, 0.1) is 10.2 Å². The number of fused-ring (bicyclic) bond motifs is 1. The molecule has 1 unspecified atom stereocenters. The number of carbonyl (C=O) groups is 1. The molecule has 1 aromatic carbocycles. The van der Waals surface area contributed by atoms with E-state index in [1.54, 1.807) is 0 Å². The summed E-state index contributed by atoms with van der Waals surface area (Å²) in [5.74, 6) is 0.707. The van der Waals surface area contributed by atoms with Gasteiger partial charge in [-0.25, -0.2) is 0 Å². The van der Waals surface area contributed by atoms with Crippen molar-refractivity contribution in [2.75, 3.05) is 5.32 Å². The standard InChI is InChI=1S/C12H15BrN2O2/c1-6(2)10-12(16)15-9-4-7(5-14)3-8(13)11(9)17-10/h3-4,6,10H,5,14H2,1-2H3,(H,15,16). The third-order valence-electron chi connectivity index (χ3n) is 2.71. The average Bonchev–Trinajstić information content (AvgIpc) is 2.27. The molecule has 1 heterocycles. The Balaban J connectivity index is 2.41. The van der Waals surface area contributed by atoms with Crippen LogP contribution in [0, 0.1) is 5.92 Å². The molecule has 2 rings (SSSR count). The fourth-order valence-corrected chi connectivity index (χ4v) is 2.40. The quantitative estimate of drug-likeness (QED) is 0.880. The van der Waals surface area contributed by atoms with Gasteiger partial charge < -0.3 is 15.8 Å². The second-order valence-electron chi connectivity index (χ2n) is 4.43. The summed E-state index contributed by atoms with van der Waals surface area (Å²) in [4.78, 5) is 11.8. The molecule has 0 saturated carbocycles. The number of halogens is 1. The van der Waals surface area contributed by atoms with E-state index in [2.05, 4.69) is 21.2 Å². The van der Waals surface area contributed by atoms with Crippen LogP contribution in [0.4, 0.5) is 5.69 Å². The Morgan fingerprint density at radius 1 is 1.53 bits per heavy atom. The zero-order valence-corrected chi connectivity index (χ0v) is 11.4. The summed E-state index contributed by atoms with van der Waals surface area (Å²) in [6.07, 6.45) is -0.442. The van der Waals surface area contributed by atoms with Gasteiger partial charge in [0.15, 0.2) is 11.9 Å². The van der Waals surface area contributed by atoms with E-state index in [1.165, 1.54) is 0 Å². The van der Waals surface area contributed by atoms with Crippen LogP contribution in [0.25, 0.3) is 0 Å². The lowest BCUT2D eigenvalue weighted by Gasteiger charge is -2.29. The molecule has 92 valence electrons. The van der Waals surface area contributed by atoms with Crippen LogP contribution < -0.4 is 15.8 Å². The first kappa shape index (κ1) is 12.4. The number of hydrogen-bond donors (Lipinski definition) is 2. The van der Waals surface area contributed by atoms with E-state index in [1.807, 2.05) is 26.0 Å². The molecule has 4 nitrogen and oxygen atoms in total. The molecule has 1 atom stereocenters. The summed E-state index contributed by atoms with van der Waals surface area (Å²) in [6, 6.07) is 3.75. The lowest BCUT2D eigenvalue weighted by atomic mass is 10.0. The van der Waals surface area contributed by atoms with Crippen molar-refractivity contribution in [1.82, 2.24) is 0 Å². The van der Waals surface area contributed by atoms with Gasteiger partial charge in [-0.05, 0) is 39.5 Å². The van der Waals surface area contributed by atoms with Crippen LogP contribution in [0.5, 0.6) is 5.75 Å². The zero-order chi connectivity index (χ0) is 12.6. The molecule has 0 spiro atoms. The summed E-state index contributed by atoms with van der Waals surface area (Å²) < 4.78 is 6.56. The minimum absolute atomic E-state index is 0.103. The molecule has 1 aliphatic heterocycles. The number of rotatable bonds is 2. The lowest BCUT2D eigenvalue weighted by Crippen LogP contribution is -2.40. The van der Waals surface area contributed by atoms with Crippen LogP contribution in [0.2, 0.25) is 0 Å². The minimum atomic E-state index is -0.442. The second kappa shape index (κ2) is 4.66. The van der Waals surface area contributed by atoms with Crippen molar-refractivity contribution < 1.29 is 9.53 Å². The van der Waals surface area contributed by atoms with Crippen LogP contribution in [0.15, 0.2) is 16.6 Å². The molecule has 17 heavy (non-hydrogen) atoms. The normalized spacial score (nSPS) is 18.6. The maximum atomic E-state index is 11.8. The van der Waals surface area contributed by atoms with Crippen molar-refractivity contribution >= 4 is 27.5 Å². The second-order valence-corrected chi connectivity index (χ2v) is 5.28. The van der Waals surface area contributed by atoms with Gasteiger partial charge in [-0.3, -0.25) is 4.79 Å². The highest BCUT2D eigenvalue weighted by Gasteiger charge is 2.31. The molecule has 0 bridgehead atoms. The van der Waals surface area contributed by atoms with Crippen molar-refractivity contribution in [3.63, 3.8) is 0 Å². The van der Waals surface area contributed by atoms with E-state index < -0.39 is 6.10 Å². The van der Waals surface area contributed by atoms with Crippen LogP contribution in [-0.4, -0.2) is 12.0 Å². The summed E-state index contributed by atoms with van der Waals surface area (Å²) >= 11 is 3.44. The fraction of sp³-hybridized carbons (Fsp3) is 0.417. The number of ether oxygens (including phenoxy) is 1. The first-order chi connectivity index (χ1) is 8.02. The van der Waals surface area contributed by atoms with Gasteiger partial charge in [-0.2, -0.15) is 0 Å². The van der Waals surface area contributed by atoms with Gasteiger partial charge in [0, 0.05) is 6.54 Å². The van der Waals surface area contributed by atoms with Crippen LogP contribution >= 0.6 is 15.9 Å². The van der Waals surface area contributed by atoms with E-state index in [4.69, 9.17) is 10.5 Å². The zero-order valence-electron chi connectivity index (χ0n) is 9.79. The monoisotopic (exact) mass is 298 g/mol. The molecule has 0 fully saturated rings.